The third kappa shape index (κ3) is 5.07. The quantitative estimate of drug-likeness (QED) is 0.520. The highest BCUT2D eigenvalue weighted by Gasteiger charge is 2.34. The Bertz CT molecular complexity index is 537. The number of ether oxygens (including phenoxy) is 1. The Labute approximate surface area is 145 Å². The molecule has 0 spiro atoms. The number of hydrogen-bond acceptors (Lipinski definition) is 5. The number of carbonyl (C=O) groups excluding carboxylic acids is 2. The molecular weight excluding hydrogens is 332 g/mol. The zero-order chi connectivity index (χ0) is 18.4. The Morgan fingerprint density at radius 2 is 1.44 bits per heavy atom. The molecule has 2 aliphatic heterocycles. The van der Waals surface area contributed by atoms with E-state index in [4.69, 9.17) is 14.9 Å². The molecule has 2 atom stereocenters. The number of hydrogen-bond donors (Lipinski definition) is 2. The number of likely N-dealkylation sites (tertiary alicyclic amines) is 2. The number of nitrogens with zero attached hydrogens (tertiary/aromatic N) is 2. The first-order valence-electron chi connectivity index (χ1n) is 8.61. The van der Waals surface area contributed by atoms with E-state index in [0.29, 0.717) is 51.6 Å². The molecule has 9 nitrogen and oxygen atoms in total. The second-order valence-corrected chi connectivity index (χ2v) is 6.36. The number of carbonyl (C=O) groups is 4. The third-order valence-electron chi connectivity index (χ3n) is 4.64. The van der Waals surface area contributed by atoms with Gasteiger partial charge in [-0.2, -0.15) is 0 Å². The van der Waals surface area contributed by atoms with Crippen LogP contribution in [-0.2, 0) is 19.1 Å². The van der Waals surface area contributed by atoms with Crippen LogP contribution in [0.3, 0.4) is 0 Å². The lowest BCUT2D eigenvalue weighted by molar-refractivity contribution is -0.148. The van der Waals surface area contributed by atoms with Gasteiger partial charge in [-0.1, -0.05) is 0 Å². The standard InChI is InChI=1S/C16H24N2O7/c19-12(17-9-3-5-11(17)15(21)22)6-1-2-7-13(20)18-10-4-8-14(18)25-16(23)24/h11,14H,1-10H2,(H,21,22)(H,23,24)/t11-,14-/m1/s1. The largest absolute Gasteiger partial charge is 0.507 e. The molecule has 0 aromatic heterocycles. The number of unbranched alkanes of at least 4 members (excludes halogenated alkanes) is 1. The van der Waals surface area contributed by atoms with Crippen LogP contribution in [0.2, 0.25) is 0 Å². The van der Waals surface area contributed by atoms with Crippen molar-refractivity contribution in [3.05, 3.63) is 0 Å². The smallest absolute Gasteiger partial charge is 0.480 e. The second kappa shape index (κ2) is 8.68. The lowest BCUT2D eigenvalue weighted by atomic mass is 10.1. The maximum absolute atomic E-state index is 12.2. The summed E-state index contributed by atoms with van der Waals surface area (Å²) >= 11 is 0. The molecule has 2 amide bonds. The summed E-state index contributed by atoms with van der Waals surface area (Å²) in [5.41, 5.74) is 0. The zero-order valence-corrected chi connectivity index (χ0v) is 14.1. The molecule has 2 aliphatic rings. The average Bonchev–Trinajstić information content (AvgIpc) is 3.19. The van der Waals surface area contributed by atoms with Gasteiger partial charge in [-0.3, -0.25) is 9.59 Å². The number of carboxylic acid groups (broad SMARTS) is 2. The molecule has 0 aromatic rings. The van der Waals surface area contributed by atoms with Gasteiger partial charge in [0.2, 0.25) is 11.8 Å². The normalized spacial score (nSPS) is 22.9. The van der Waals surface area contributed by atoms with Gasteiger partial charge in [0.25, 0.3) is 0 Å². The van der Waals surface area contributed by atoms with E-state index in [1.807, 2.05) is 0 Å². The van der Waals surface area contributed by atoms with Crippen LogP contribution in [0.25, 0.3) is 0 Å². The van der Waals surface area contributed by atoms with E-state index in [2.05, 4.69) is 0 Å². The zero-order valence-electron chi connectivity index (χ0n) is 14.1. The van der Waals surface area contributed by atoms with Gasteiger partial charge in [-0.05, 0) is 32.1 Å². The fraction of sp³-hybridized carbons (Fsp3) is 0.750. The van der Waals surface area contributed by atoms with Crippen molar-refractivity contribution < 1.29 is 34.1 Å². The van der Waals surface area contributed by atoms with Crippen LogP contribution in [-0.4, -0.2) is 69.3 Å². The van der Waals surface area contributed by atoms with Crippen LogP contribution < -0.4 is 0 Å². The molecule has 0 aromatic carbocycles. The first-order valence-corrected chi connectivity index (χ1v) is 8.61. The molecule has 9 heteroatoms. The van der Waals surface area contributed by atoms with Crippen LogP contribution in [0.15, 0.2) is 0 Å². The Balaban J connectivity index is 1.70. The number of aliphatic carboxylic acids is 1. The van der Waals surface area contributed by atoms with Crippen molar-refractivity contribution in [2.24, 2.45) is 0 Å². The van der Waals surface area contributed by atoms with Gasteiger partial charge < -0.3 is 24.7 Å². The van der Waals surface area contributed by atoms with Gasteiger partial charge in [0, 0.05) is 32.4 Å². The van der Waals surface area contributed by atoms with Crippen LogP contribution >= 0.6 is 0 Å². The summed E-state index contributed by atoms with van der Waals surface area (Å²) in [6.45, 7) is 0.945. The predicted octanol–water partition coefficient (Wildman–Crippen LogP) is 1.27. The summed E-state index contributed by atoms with van der Waals surface area (Å²) in [4.78, 5) is 48.8. The van der Waals surface area contributed by atoms with Crippen molar-refractivity contribution >= 4 is 23.9 Å². The van der Waals surface area contributed by atoms with E-state index >= 15 is 0 Å². The van der Waals surface area contributed by atoms with Crippen LogP contribution in [0.5, 0.6) is 0 Å². The molecule has 0 saturated carbocycles. The van der Waals surface area contributed by atoms with Gasteiger partial charge >= 0.3 is 12.1 Å². The van der Waals surface area contributed by atoms with Gasteiger partial charge in [0.15, 0.2) is 6.23 Å². The van der Waals surface area contributed by atoms with Crippen LogP contribution in [0.1, 0.15) is 51.4 Å². The molecule has 140 valence electrons. The molecule has 2 fully saturated rings. The lowest BCUT2D eigenvalue weighted by Gasteiger charge is -2.23. The van der Waals surface area contributed by atoms with E-state index in [9.17, 15) is 19.2 Å². The predicted molar refractivity (Wildman–Crippen MR) is 84.7 cm³/mol. The van der Waals surface area contributed by atoms with Crippen molar-refractivity contribution in [2.45, 2.75) is 63.6 Å². The van der Waals surface area contributed by atoms with Crippen LogP contribution in [0.4, 0.5) is 4.79 Å². The van der Waals surface area contributed by atoms with Crippen molar-refractivity contribution in [1.82, 2.24) is 9.80 Å². The molecule has 0 bridgehead atoms. The first-order chi connectivity index (χ1) is 11.9. The highest BCUT2D eigenvalue weighted by Crippen LogP contribution is 2.21. The Kier molecular flexibility index (Phi) is 6.60. The molecule has 2 saturated heterocycles. The van der Waals surface area contributed by atoms with Crippen molar-refractivity contribution in [3.8, 4) is 0 Å². The van der Waals surface area contributed by atoms with E-state index in [1.165, 1.54) is 9.80 Å². The average molecular weight is 356 g/mol. The Morgan fingerprint density at radius 3 is 2.04 bits per heavy atom. The fourth-order valence-corrected chi connectivity index (χ4v) is 3.42. The summed E-state index contributed by atoms with van der Waals surface area (Å²) in [6, 6.07) is -0.729. The molecule has 2 N–H and O–H groups in total. The summed E-state index contributed by atoms with van der Waals surface area (Å²) in [6.07, 6.45) is 1.69. The molecule has 2 rings (SSSR count). The fourth-order valence-electron chi connectivity index (χ4n) is 3.42. The SMILES string of the molecule is O=C(O)O[C@@H]1CCCN1C(=O)CCCCC(=O)N1CCC[C@@H]1C(=O)O. The summed E-state index contributed by atoms with van der Waals surface area (Å²) in [7, 11) is 0. The molecule has 0 aliphatic carbocycles. The topological polar surface area (TPSA) is 124 Å². The highest BCUT2D eigenvalue weighted by molar-refractivity contribution is 5.84. The minimum atomic E-state index is -1.39. The van der Waals surface area contributed by atoms with Crippen LogP contribution in [0, 0.1) is 0 Å². The van der Waals surface area contributed by atoms with E-state index < -0.39 is 24.4 Å². The van der Waals surface area contributed by atoms with E-state index in [-0.39, 0.29) is 24.7 Å². The molecule has 25 heavy (non-hydrogen) atoms. The summed E-state index contributed by atoms with van der Waals surface area (Å²) in [5.74, 6) is -1.34. The van der Waals surface area contributed by atoms with E-state index in [0.717, 1.165) is 0 Å². The minimum absolute atomic E-state index is 0.180. The Morgan fingerprint density at radius 1 is 0.880 bits per heavy atom. The van der Waals surface area contributed by atoms with Crippen molar-refractivity contribution in [1.29, 1.82) is 0 Å². The summed E-state index contributed by atoms with van der Waals surface area (Å²) < 4.78 is 4.70. The second-order valence-electron chi connectivity index (χ2n) is 6.36. The third-order valence-corrected chi connectivity index (χ3v) is 4.64. The molecular formula is C16H24N2O7. The Hall–Kier alpha value is -2.32. The van der Waals surface area contributed by atoms with E-state index in [1.54, 1.807) is 0 Å². The van der Waals surface area contributed by atoms with Gasteiger partial charge in [0.05, 0.1) is 0 Å². The minimum Gasteiger partial charge on any atom is -0.480 e. The molecule has 0 unspecified atom stereocenters. The molecule has 0 radical (unpaired) electrons. The van der Waals surface area contributed by atoms with Crippen molar-refractivity contribution in [2.75, 3.05) is 13.1 Å². The number of rotatable bonds is 7. The van der Waals surface area contributed by atoms with Gasteiger partial charge in [0.1, 0.15) is 6.04 Å². The molecule has 2 heterocycles. The highest BCUT2D eigenvalue weighted by atomic mass is 16.7. The van der Waals surface area contributed by atoms with Gasteiger partial charge in [-0.25, -0.2) is 9.59 Å². The maximum atomic E-state index is 12.2. The number of amides is 2. The first kappa shape index (κ1) is 19.0. The summed E-state index contributed by atoms with van der Waals surface area (Å²) in [5, 5.41) is 17.8. The maximum Gasteiger partial charge on any atom is 0.507 e. The van der Waals surface area contributed by atoms with Crippen molar-refractivity contribution in [3.63, 3.8) is 0 Å². The van der Waals surface area contributed by atoms with Gasteiger partial charge in [-0.15, -0.1) is 0 Å². The lowest BCUT2D eigenvalue weighted by Crippen LogP contribution is -2.40. The monoisotopic (exact) mass is 356 g/mol. The number of carboxylic acids is 1.